The van der Waals surface area contributed by atoms with Gasteiger partial charge in [-0.15, -0.1) is 0 Å². The van der Waals surface area contributed by atoms with Crippen LogP contribution in [0.2, 0.25) is 0 Å². The number of hydrogen-bond donors (Lipinski definition) is 0. The summed E-state index contributed by atoms with van der Waals surface area (Å²) >= 11 is 0. The van der Waals surface area contributed by atoms with Crippen LogP contribution in [0.3, 0.4) is 0 Å². The molecule has 6 nitrogen and oxygen atoms in total. The summed E-state index contributed by atoms with van der Waals surface area (Å²) in [4.78, 5) is 13.1. The molecule has 1 atom stereocenters. The normalized spacial score (nSPS) is 19.0. The van der Waals surface area contributed by atoms with Crippen molar-refractivity contribution in [3.63, 3.8) is 0 Å². The van der Waals surface area contributed by atoms with Crippen molar-refractivity contribution in [3.05, 3.63) is 65.7 Å². The lowest BCUT2D eigenvalue weighted by Gasteiger charge is -2.52. The Bertz CT molecular complexity index is 903. The van der Waals surface area contributed by atoms with Gasteiger partial charge in [-0.25, -0.2) is 12.7 Å². The minimum Gasteiger partial charge on any atom is -0.341 e. The van der Waals surface area contributed by atoms with Crippen LogP contribution >= 0.6 is 0 Å². The molecule has 2 aromatic rings. The van der Waals surface area contributed by atoms with Crippen molar-refractivity contribution in [2.45, 2.75) is 37.5 Å². The van der Waals surface area contributed by atoms with Gasteiger partial charge < -0.3 is 9.47 Å². The van der Waals surface area contributed by atoms with Crippen LogP contribution in [0.1, 0.15) is 31.0 Å². The van der Waals surface area contributed by atoms with Gasteiger partial charge in [0.15, 0.2) is 0 Å². The first-order chi connectivity index (χ1) is 12.9. The molecular weight excluding hydrogens is 366 g/mol. The zero-order valence-corrected chi connectivity index (χ0v) is 16.4. The van der Waals surface area contributed by atoms with Gasteiger partial charge in [-0.2, -0.15) is 0 Å². The maximum Gasteiger partial charge on any atom is 0.300 e. The standard InChI is InChI=1S/C20H23NO5S/c1-4-25-20(26-5-2)18(16-9-7-6-8-10-16)21(19(20)22)27(23,24)17-13-11-15(3)12-14-17/h6-14,18H,4-5H2,1-3H3. The third-order valence-electron chi connectivity index (χ3n) is 4.50. The SMILES string of the molecule is CCOC1(OCC)C(=O)N(S(=O)(=O)c2ccc(C)cc2)C1c1ccccc1. The zero-order chi connectivity index (χ0) is 19.7. The summed E-state index contributed by atoms with van der Waals surface area (Å²) in [6.07, 6.45) is 0. The second-order valence-corrected chi connectivity index (χ2v) is 8.08. The van der Waals surface area contributed by atoms with Gasteiger partial charge in [-0.05, 0) is 38.5 Å². The van der Waals surface area contributed by atoms with Gasteiger partial charge in [0.05, 0.1) is 4.90 Å². The van der Waals surface area contributed by atoms with E-state index in [0.717, 1.165) is 9.87 Å². The largest absolute Gasteiger partial charge is 0.341 e. The number of carbonyl (C=O) groups excluding carboxylic acids is 1. The van der Waals surface area contributed by atoms with Crippen LogP contribution < -0.4 is 0 Å². The molecule has 2 aromatic carbocycles. The molecule has 1 saturated heterocycles. The molecule has 0 aromatic heterocycles. The van der Waals surface area contributed by atoms with Crippen molar-refractivity contribution in [1.29, 1.82) is 0 Å². The molecule has 3 rings (SSSR count). The van der Waals surface area contributed by atoms with Crippen molar-refractivity contribution >= 4 is 15.9 Å². The highest BCUT2D eigenvalue weighted by Gasteiger charge is 2.68. The number of nitrogens with zero attached hydrogens (tertiary/aromatic N) is 1. The lowest BCUT2D eigenvalue weighted by molar-refractivity contribution is -0.286. The highest BCUT2D eigenvalue weighted by atomic mass is 32.2. The predicted octanol–water partition coefficient (Wildman–Crippen LogP) is 3.04. The second-order valence-electron chi connectivity index (χ2n) is 6.27. The number of benzene rings is 2. The van der Waals surface area contributed by atoms with E-state index in [2.05, 4.69) is 0 Å². The molecular formula is C20H23NO5S. The number of sulfonamides is 1. The van der Waals surface area contributed by atoms with E-state index in [1.54, 1.807) is 50.2 Å². The highest BCUT2D eigenvalue weighted by molar-refractivity contribution is 7.89. The Morgan fingerprint density at radius 2 is 1.52 bits per heavy atom. The third kappa shape index (κ3) is 3.16. The fourth-order valence-electron chi connectivity index (χ4n) is 3.29. The van der Waals surface area contributed by atoms with Gasteiger partial charge in [-0.3, -0.25) is 4.79 Å². The molecule has 0 bridgehead atoms. The Balaban J connectivity index is 2.11. The average Bonchev–Trinajstić information content (AvgIpc) is 2.66. The van der Waals surface area contributed by atoms with Gasteiger partial charge in [0.2, 0.25) is 0 Å². The monoisotopic (exact) mass is 389 g/mol. The van der Waals surface area contributed by atoms with Crippen molar-refractivity contribution in [2.24, 2.45) is 0 Å². The first-order valence-electron chi connectivity index (χ1n) is 8.87. The van der Waals surface area contributed by atoms with Crippen molar-refractivity contribution in [2.75, 3.05) is 13.2 Å². The maximum absolute atomic E-state index is 13.2. The molecule has 0 radical (unpaired) electrons. The number of β-lactam (4-membered cyclic amide) rings is 1. The zero-order valence-electron chi connectivity index (χ0n) is 15.6. The van der Waals surface area contributed by atoms with Crippen LogP contribution in [0, 0.1) is 6.92 Å². The van der Waals surface area contributed by atoms with Gasteiger partial charge in [-0.1, -0.05) is 48.0 Å². The molecule has 1 heterocycles. The number of hydrogen-bond acceptors (Lipinski definition) is 5. The molecule has 1 aliphatic heterocycles. The summed E-state index contributed by atoms with van der Waals surface area (Å²) in [6.45, 7) is 5.79. The number of carbonyl (C=O) groups is 1. The molecule has 1 fully saturated rings. The van der Waals surface area contributed by atoms with Gasteiger partial charge in [0.1, 0.15) is 6.04 Å². The van der Waals surface area contributed by atoms with Crippen LogP contribution in [-0.4, -0.2) is 37.6 Å². The van der Waals surface area contributed by atoms with Crippen molar-refractivity contribution < 1.29 is 22.7 Å². The first kappa shape index (κ1) is 19.5. The highest BCUT2D eigenvalue weighted by Crippen LogP contribution is 2.49. The van der Waals surface area contributed by atoms with E-state index in [9.17, 15) is 13.2 Å². The first-order valence-corrected chi connectivity index (χ1v) is 10.3. The molecule has 0 N–H and O–H groups in total. The fourth-order valence-corrected chi connectivity index (χ4v) is 4.88. The molecule has 27 heavy (non-hydrogen) atoms. The minimum absolute atomic E-state index is 0.0592. The van der Waals surface area contributed by atoms with Crippen LogP contribution in [-0.2, 0) is 24.3 Å². The molecule has 7 heteroatoms. The molecule has 1 aliphatic rings. The van der Waals surface area contributed by atoms with Crippen molar-refractivity contribution in [3.8, 4) is 0 Å². The molecule has 0 aliphatic carbocycles. The number of rotatable bonds is 7. The molecule has 144 valence electrons. The molecule has 1 amide bonds. The van der Waals surface area contributed by atoms with E-state index >= 15 is 0 Å². The fraction of sp³-hybridized carbons (Fsp3) is 0.350. The smallest absolute Gasteiger partial charge is 0.300 e. The van der Waals surface area contributed by atoms with Gasteiger partial charge in [0.25, 0.3) is 21.7 Å². The lowest BCUT2D eigenvalue weighted by Crippen LogP contribution is -2.72. The van der Waals surface area contributed by atoms with E-state index in [0.29, 0.717) is 5.56 Å². The van der Waals surface area contributed by atoms with Crippen LogP contribution in [0.25, 0.3) is 0 Å². The number of ether oxygens (including phenoxy) is 2. The van der Waals surface area contributed by atoms with Crippen LogP contribution in [0.5, 0.6) is 0 Å². The molecule has 1 unspecified atom stereocenters. The summed E-state index contributed by atoms with van der Waals surface area (Å²) < 4.78 is 38.7. The summed E-state index contributed by atoms with van der Waals surface area (Å²) in [5, 5.41) is 0. The molecule has 0 saturated carbocycles. The number of amides is 1. The Labute approximate surface area is 159 Å². The van der Waals surface area contributed by atoms with E-state index in [-0.39, 0.29) is 18.1 Å². The Hall–Kier alpha value is -2.22. The predicted molar refractivity (Wildman–Crippen MR) is 100 cm³/mol. The summed E-state index contributed by atoms with van der Waals surface area (Å²) in [6, 6.07) is 14.4. The van der Waals surface area contributed by atoms with E-state index in [1.807, 2.05) is 13.0 Å². The minimum atomic E-state index is -4.05. The van der Waals surface area contributed by atoms with Crippen molar-refractivity contribution in [1.82, 2.24) is 4.31 Å². The van der Waals surface area contributed by atoms with Gasteiger partial charge in [0, 0.05) is 13.2 Å². The summed E-state index contributed by atoms with van der Waals surface area (Å²) in [7, 11) is -4.05. The average molecular weight is 389 g/mol. The lowest BCUT2D eigenvalue weighted by atomic mass is 9.89. The summed E-state index contributed by atoms with van der Waals surface area (Å²) in [5.74, 6) is -2.34. The van der Waals surface area contributed by atoms with E-state index in [4.69, 9.17) is 9.47 Å². The topological polar surface area (TPSA) is 72.9 Å². The van der Waals surface area contributed by atoms with E-state index < -0.39 is 27.8 Å². The molecule has 0 spiro atoms. The second kappa shape index (κ2) is 7.42. The quantitative estimate of drug-likeness (QED) is 0.538. The Kier molecular flexibility index (Phi) is 5.37. The number of aryl methyl sites for hydroxylation is 1. The Morgan fingerprint density at radius 1 is 0.963 bits per heavy atom. The van der Waals surface area contributed by atoms with E-state index in [1.165, 1.54) is 12.1 Å². The van der Waals surface area contributed by atoms with Crippen LogP contribution in [0.15, 0.2) is 59.5 Å². The Morgan fingerprint density at radius 3 is 2.04 bits per heavy atom. The maximum atomic E-state index is 13.2. The van der Waals surface area contributed by atoms with Crippen LogP contribution in [0.4, 0.5) is 0 Å². The van der Waals surface area contributed by atoms with Gasteiger partial charge >= 0.3 is 0 Å². The third-order valence-corrected chi connectivity index (χ3v) is 6.27. The summed E-state index contributed by atoms with van der Waals surface area (Å²) in [5.41, 5.74) is 1.57.